The van der Waals surface area contributed by atoms with Crippen molar-refractivity contribution >= 4 is 42.9 Å². The van der Waals surface area contributed by atoms with Crippen molar-refractivity contribution in [3.63, 3.8) is 0 Å². The largest absolute Gasteiger partial charge is 0.147 e. The number of hydrogen-bond donors (Lipinski definition) is 0. The molecule has 157 valence electrons. The first-order valence-electron chi connectivity index (χ1n) is 11.2. The third-order valence-electron chi connectivity index (χ3n) is 7.59. The minimum absolute atomic E-state index is 0. The van der Waals surface area contributed by atoms with E-state index >= 15 is 0 Å². The van der Waals surface area contributed by atoms with E-state index in [1.807, 2.05) is 0 Å². The molecule has 0 N–H and O–H groups in total. The van der Waals surface area contributed by atoms with Crippen LogP contribution in [0, 0.1) is 0 Å². The fourth-order valence-corrected chi connectivity index (χ4v) is 36.0. The van der Waals surface area contributed by atoms with E-state index in [1.54, 1.807) is 44.5 Å². The monoisotopic (exact) mass is 621 g/mol. The molecule has 0 aromatic heterocycles. The molecule has 0 aliphatic heterocycles. The van der Waals surface area contributed by atoms with Crippen LogP contribution < -0.4 is 0 Å². The molecule has 4 heteroatoms. The number of rotatable bonds is 3. The van der Waals surface area contributed by atoms with Gasteiger partial charge in [0.1, 0.15) is 0 Å². The molecule has 0 saturated carbocycles. The van der Waals surface area contributed by atoms with Gasteiger partial charge in [-0.05, 0) is 0 Å². The van der Waals surface area contributed by atoms with Crippen LogP contribution in [0.25, 0.3) is 12.2 Å². The van der Waals surface area contributed by atoms with Crippen LogP contribution in [-0.2, 0) is 46.3 Å². The Morgan fingerprint density at radius 1 is 0.667 bits per heavy atom. The van der Waals surface area contributed by atoms with Gasteiger partial charge in [0.15, 0.2) is 0 Å². The summed E-state index contributed by atoms with van der Waals surface area (Å²) in [6, 6.07) is 10.4. The Hall–Kier alpha value is -0.413. The molecular formula is C26H31Cl2HfSi. The van der Waals surface area contributed by atoms with Gasteiger partial charge in [0.05, 0.1) is 0 Å². The fourth-order valence-electron chi connectivity index (χ4n) is 6.25. The SMILES string of the molecule is C[SiH](C)[Hf]([CH]1C=Cc2cc3c(cc21)CCC3)[CH]1C=Cc2cc3c(cc21)CCC3.Cl.Cl. The smallest absolute Gasteiger partial charge is 0.147 e. The zero-order chi connectivity index (χ0) is 18.8. The standard InChI is InChI=1S/2C12H11.C2H7Si.2ClH.Hf/c2*1-3-9-7-11-5-2-6-12(11)8-10(9)4-1;1-3-2;;;/h2*1,3-4,7-8H,2,5-6H2;3H,1-2H3;2*1H;. The van der Waals surface area contributed by atoms with Gasteiger partial charge in [0.2, 0.25) is 0 Å². The molecule has 0 heterocycles. The summed E-state index contributed by atoms with van der Waals surface area (Å²) in [5.74, 6) is -0.641. The van der Waals surface area contributed by atoms with Crippen molar-refractivity contribution < 1.29 is 20.6 Å². The number of hydrogen-bond acceptors (Lipinski definition) is 0. The first-order chi connectivity index (χ1) is 13.7. The van der Waals surface area contributed by atoms with Gasteiger partial charge < -0.3 is 0 Å². The molecule has 0 bridgehead atoms. The summed E-state index contributed by atoms with van der Waals surface area (Å²) >= 11 is -1.91. The van der Waals surface area contributed by atoms with E-state index in [2.05, 4.69) is 61.7 Å². The summed E-state index contributed by atoms with van der Waals surface area (Å²) in [5.41, 5.74) is 13.2. The average molecular weight is 621 g/mol. The van der Waals surface area contributed by atoms with Crippen LogP contribution in [0.4, 0.5) is 0 Å². The summed E-state index contributed by atoms with van der Waals surface area (Å²) in [5, 5.41) is 0. The van der Waals surface area contributed by atoms with Crippen molar-refractivity contribution in [2.75, 3.05) is 0 Å². The van der Waals surface area contributed by atoms with E-state index in [0.29, 0.717) is 0 Å². The van der Waals surface area contributed by atoms with Crippen LogP contribution in [0.3, 0.4) is 0 Å². The van der Waals surface area contributed by atoms with Crippen molar-refractivity contribution in [3.8, 4) is 0 Å². The minimum Gasteiger partial charge on any atom is -0.147 e. The average Bonchev–Trinajstić information content (AvgIpc) is 3.45. The van der Waals surface area contributed by atoms with E-state index in [0.717, 1.165) is 7.35 Å². The first kappa shape index (κ1) is 22.8. The number of allylic oxidation sites excluding steroid dienone is 2. The van der Waals surface area contributed by atoms with Crippen LogP contribution in [0.15, 0.2) is 36.4 Å². The molecule has 0 spiro atoms. The minimum atomic E-state index is -1.91. The summed E-state index contributed by atoms with van der Waals surface area (Å²) in [4.78, 5) is 0. The molecule has 2 aromatic carbocycles. The van der Waals surface area contributed by atoms with Gasteiger partial charge in [-0.25, -0.2) is 0 Å². The first-order valence-corrected chi connectivity index (χ1v) is 24.5. The number of benzene rings is 2. The van der Waals surface area contributed by atoms with Gasteiger partial charge in [-0.3, -0.25) is 0 Å². The maximum atomic E-state index is 2.67. The zero-order valence-electron chi connectivity index (χ0n) is 17.9. The number of halogens is 2. The van der Waals surface area contributed by atoms with Gasteiger partial charge in [-0.15, -0.1) is 24.8 Å². The molecule has 0 amide bonds. The third-order valence-corrected chi connectivity index (χ3v) is 37.9. The Balaban J connectivity index is 0.00000109. The Morgan fingerprint density at radius 3 is 1.47 bits per heavy atom. The van der Waals surface area contributed by atoms with Crippen LogP contribution in [0.1, 0.15) is 64.7 Å². The quantitative estimate of drug-likeness (QED) is 0.326. The number of aryl methyl sites for hydroxylation is 4. The number of fused-ring (bicyclic) bond motifs is 4. The Labute approximate surface area is 202 Å². The van der Waals surface area contributed by atoms with Gasteiger partial charge >= 0.3 is 179 Å². The normalized spacial score (nSPS) is 21.7. The van der Waals surface area contributed by atoms with Crippen molar-refractivity contribution in [2.24, 2.45) is 0 Å². The summed E-state index contributed by atoms with van der Waals surface area (Å²) in [6.45, 7) is 5.33. The van der Waals surface area contributed by atoms with E-state index in [-0.39, 0.29) is 24.8 Å². The maximum absolute atomic E-state index is 2.67. The molecule has 0 saturated heterocycles. The second-order valence-corrected chi connectivity index (χ2v) is 37.8. The van der Waals surface area contributed by atoms with Crippen molar-refractivity contribution in [3.05, 3.63) is 80.9 Å². The topological polar surface area (TPSA) is 0 Å². The second-order valence-electron chi connectivity index (χ2n) is 9.54. The van der Waals surface area contributed by atoms with Crippen LogP contribution in [0.5, 0.6) is 0 Å². The molecule has 2 aromatic rings. The van der Waals surface area contributed by atoms with Gasteiger partial charge in [-0.1, -0.05) is 0 Å². The van der Waals surface area contributed by atoms with Crippen molar-refractivity contribution in [2.45, 2.75) is 59.0 Å². The molecule has 0 radical (unpaired) electrons. The van der Waals surface area contributed by atoms with Crippen LogP contribution in [0.2, 0.25) is 13.1 Å². The molecule has 6 rings (SSSR count). The molecule has 2 unspecified atom stereocenters. The fraction of sp³-hybridized carbons (Fsp3) is 0.385. The molecule has 0 fully saturated rings. The molecule has 2 atom stereocenters. The molecular weight excluding hydrogens is 590 g/mol. The van der Waals surface area contributed by atoms with Gasteiger partial charge in [-0.2, -0.15) is 0 Å². The maximum Gasteiger partial charge on any atom is -0.147 e. The van der Waals surface area contributed by atoms with Crippen LogP contribution in [-0.4, -0.2) is 5.98 Å². The van der Waals surface area contributed by atoms with Gasteiger partial charge in [0.25, 0.3) is 0 Å². The molecule has 4 aliphatic rings. The Kier molecular flexibility index (Phi) is 6.72. The predicted molar refractivity (Wildman–Crippen MR) is 134 cm³/mol. The van der Waals surface area contributed by atoms with E-state index < -0.39 is 26.6 Å². The molecule has 4 aliphatic carbocycles. The zero-order valence-corrected chi connectivity index (χ0v) is 24.3. The predicted octanol–water partition coefficient (Wildman–Crippen LogP) is 6.95. The second kappa shape index (κ2) is 8.85. The molecule has 30 heavy (non-hydrogen) atoms. The summed E-state index contributed by atoms with van der Waals surface area (Å²) in [6.07, 6.45) is 18.2. The van der Waals surface area contributed by atoms with E-state index in [4.69, 9.17) is 0 Å². The Morgan fingerprint density at radius 2 is 1.07 bits per heavy atom. The Bertz CT molecular complexity index is 960. The third kappa shape index (κ3) is 3.60. The van der Waals surface area contributed by atoms with E-state index in [1.165, 1.54) is 38.5 Å². The van der Waals surface area contributed by atoms with Gasteiger partial charge in [0, 0.05) is 0 Å². The van der Waals surface area contributed by atoms with Crippen molar-refractivity contribution in [1.29, 1.82) is 0 Å². The summed E-state index contributed by atoms with van der Waals surface area (Å²) < 4.78 is 1.65. The van der Waals surface area contributed by atoms with E-state index in [9.17, 15) is 0 Å². The van der Waals surface area contributed by atoms with Crippen molar-refractivity contribution in [1.82, 2.24) is 0 Å². The summed E-state index contributed by atoms with van der Waals surface area (Å²) in [7, 11) is 0. The van der Waals surface area contributed by atoms with Crippen LogP contribution >= 0.6 is 24.8 Å². The molecule has 0 nitrogen and oxygen atoms in total.